The molecular weight excluding hydrogens is 466 g/mol. The van der Waals surface area contributed by atoms with Crippen LogP contribution >= 0.6 is 11.6 Å². The highest BCUT2D eigenvalue weighted by molar-refractivity contribution is 6.33. The van der Waals surface area contributed by atoms with Crippen molar-refractivity contribution in [1.29, 1.82) is 5.26 Å². The number of carbonyl (C=O) groups excluding carboxylic acids is 1. The van der Waals surface area contributed by atoms with E-state index in [0.29, 0.717) is 17.1 Å². The van der Waals surface area contributed by atoms with Crippen molar-refractivity contribution in [3.8, 4) is 17.4 Å². The van der Waals surface area contributed by atoms with E-state index in [1.54, 1.807) is 37.3 Å². The third kappa shape index (κ3) is 5.06. The lowest BCUT2D eigenvalue weighted by molar-refractivity contribution is -0.386. The number of halogens is 1. The van der Waals surface area contributed by atoms with Crippen molar-refractivity contribution in [3.05, 3.63) is 84.0 Å². The number of nitriles is 1. The zero-order valence-electron chi connectivity index (χ0n) is 18.1. The van der Waals surface area contributed by atoms with Gasteiger partial charge in [-0.25, -0.2) is 4.79 Å². The first-order valence-corrected chi connectivity index (χ1v) is 10.3. The van der Waals surface area contributed by atoms with Gasteiger partial charge in [0.1, 0.15) is 28.8 Å². The second-order valence-electron chi connectivity index (χ2n) is 6.82. The summed E-state index contributed by atoms with van der Waals surface area (Å²) in [7, 11) is 1.30. The van der Waals surface area contributed by atoms with Crippen LogP contribution in [0.3, 0.4) is 0 Å². The number of pyridine rings is 1. The Labute approximate surface area is 198 Å². The van der Waals surface area contributed by atoms with Gasteiger partial charge in [0.25, 0.3) is 11.2 Å². The van der Waals surface area contributed by atoms with Crippen LogP contribution in [-0.4, -0.2) is 29.6 Å². The van der Waals surface area contributed by atoms with Crippen LogP contribution in [0, 0.1) is 21.4 Å². The number of hydrogen-bond acceptors (Lipinski definition) is 8. The molecule has 0 aliphatic rings. The van der Waals surface area contributed by atoms with Gasteiger partial charge in [-0.2, -0.15) is 5.26 Å². The number of furan rings is 1. The van der Waals surface area contributed by atoms with E-state index in [1.807, 2.05) is 0 Å². The summed E-state index contributed by atoms with van der Waals surface area (Å²) in [5.74, 6) is 0.158. The van der Waals surface area contributed by atoms with Gasteiger partial charge in [0, 0.05) is 12.7 Å². The third-order valence-electron chi connectivity index (χ3n) is 4.69. The Balaban J connectivity index is 1.98. The SMILES string of the molecule is CCOC(=O)c1cc(-c2ccc(/C=C/c3[nH]c(=O)c(C#N)c(COC)c3[N+](=O)[O-])o2)ccc1Cl. The van der Waals surface area contributed by atoms with Crippen LogP contribution in [0.1, 0.15) is 39.9 Å². The second kappa shape index (κ2) is 10.6. The lowest BCUT2D eigenvalue weighted by Crippen LogP contribution is -2.18. The molecule has 3 rings (SSSR count). The minimum absolute atomic E-state index is 0.116. The van der Waals surface area contributed by atoms with Gasteiger partial charge in [-0.1, -0.05) is 11.6 Å². The molecule has 3 aromatic rings. The summed E-state index contributed by atoms with van der Waals surface area (Å²) in [4.78, 5) is 37.7. The maximum absolute atomic E-state index is 12.2. The second-order valence-corrected chi connectivity index (χ2v) is 7.23. The van der Waals surface area contributed by atoms with Crippen LogP contribution in [0.15, 0.2) is 39.5 Å². The number of methoxy groups -OCH3 is 1. The van der Waals surface area contributed by atoms with Gasteiger partial charge in [0.2, 0.25) is 0 Å². The average Bonchev–Trinajstić information content (AvgIpc) is 3.27. The summed E-state index contributed by atoms with van der Waals surface area (Å²) in [5, 5.41) is 21.1. The van der Waals surface area contributed by atoms with E-state index >= 15 is 0 Å². The number of esters is 1. The lowest BCUT2D eigenvalue weighted by Gasteiger charge is -2.06. The fourth-order valence-electron chi connectivity index (χ4n) is 3.20. The standard InChI is InChI=1S/C23H18ClN3O7/c1-3-33-23(29)15-10-13(4-7-18(15)24)20-9-6-14(34-20)5-8-19-21(27(30)31)17(12-32-2)16(11-25)22(28)26-19/h4-10H,3,12H2,1-2H3,(H,26,28)/b8-5+. The van der Waals surface area contributed by atoms with Crippen LogP contribution < -0.4 is 5.56 Å². The minimum atomic E-state index is -0.771. The topological polar surface area (TPSA) is 148 Å². The molecule has 0 fully saturated rings. The van der Waals surface area contributed by atoms with Crippen molar-refractivity contribution in [3.63, 3.8) is 0 Å². The average molecular weight is 484 g/mol. The first-order chi connectivity index (χ1) is 16.3. The number of hydrogen-bond donors (Lipinski definition) is 1. The summed E-state index contributed by atoms with van der Waals surface area (Å²) < 4.78 is 15.7. The van der Waals surface area contributed by atoms with Crippen LogP contribution in [-0.2, 0) is 16.1 Å². The molecule has 0 unspecified atom stereocenters. The molecule has 0 aliphatic heterocycles. The van der Waals surface area contributed by atoms with Gasteiger partial charge in [-0.3, -0.25) is 14.9 Å². The smallest absolute Gasteiger partial charge is 0.339 e. The van der Waals surface area contributed by atoms with Gasteiger partial charge >= 0.3 is 5.97 Å². The number of aromatic nitrogens is 1. The van der Waals surface area contributed by atoms with E-state index in [1.165, 1.54) is 25.3 Å². The maximum atomic E-state index is 12.2. The van der Waals surface area contributed by atoms with Crippen molar-refractivity contribution >= 4 is 35.4 Å². The zero-order valence-corrected chi connectivity index (χ0v) is 18.8. The van der Waals surface area contributed by atoms with E-state index in [-0.39, 0.29) is 40.6 Å². The molecule has 2 heterocycles. The molecule has 0 bridgehead atoms. The molecule has 0 atom stereocenters. The molecule has 0 amide bonds. The fourth-order valence-corrected chi connectivity index (χ4v) is 3.40. The van der Waals surface area contributed by atoms with Gasteiger partial charge in [0.15, 0.2) is 0 Å². The summed E-state index contributed by atoms with van der Waals surface area (Å²) in [5.41, 5.74) is -1.09. The number of benzene rings is 1. The highest BCUT2D eigenvalue weighted by Crippen LogP contribution is 2.29. The van der Waals surface area contributed by atoms with Gasteiger partial charge in [0.05, 0.1) is 34.3 Å². The predicted octanol–water partition coefficient (Wildman–Crippen LogP) is 4.56. The number of nitrogens with one attached hydrogen (secondary N) is 1. The Morgan fingerprint density at radius 3 is 2.74 bits per heavy atom. The Hall–Kier alpha value is -4.20. The summed E-state index contributed by atoms with van der Waals surface area (Å²) in [6, 6.07) is 9.67. The number of ether oxygens (including phenoxy) is 2. The molecule has 1 N–H and O–H groups in total. The molecule has 0 spiro atoms. The number of nitro groups is 1. The number of rotatable bonds is 8. The number of H-pyrrole nitrogens is 1. The molecule has 0 saturated heterocycles. The van der Waals surface area contributed by atoms with Gasteiger partial charge in [-0.15, -0.1) is 0 Å². The molecule has 174 valence electrons. The van der Waals surface area contributed by atoms with Crippen LogP contribution in [0.4, 0.5) is 5.69 Å². The van der Waals surface area contributed by atoms with E-state index in [2.05, 4.69) is 4.98 Å². The van der Waals surface area contributed by atoms with E-state index < -0.39 is 22.1 Å². The molecule has 0 aliphatic carbocycles. The fraction of sp³-hybridized carbons (Fsp3) is 0.174. The maximum Gasteiger partial charge on any atom is 0.339 e. The molecule has 11 heteroatoms. The van der Waals surface area contributed by atoms with Crippen LogP contribution in [0.2, 0.25) is 5.02 Å². The molecule has 1 aromatic carbocycles. The number of nitrogens with zero attached hydrogens (tertiary/aromatic N) is 2. The molecule has 0 radical (unpaired) electrons. The van der Waals surface area contributed by atoms with Crippen molar-refractivity contribution < 1.29 is 23.6 Å². The first-order valence-electron chi connectivity index (χ1n) is 9.88. The highest BCUT2D eigenvalue weighted by Gasteiger charge is 2.25. The normalized spacial score (nSPS) is 10.9. The van der Waals surface area contributed by atoms with Crippen molar-refractivity contribution in [2.45, 2.75) is 13.5 Å². The molecule has 2 aromatic heterocycles. The summed E-state index contributed by atoms with van der Waals surface area (Å²) >= 11 is 6.09. The van der Waals surface area contributed by atoms with E-state index in [4.69, 9.17) is 25.5 Å². The molecule has 10 nitrogen and oxygen atoms in total. The zero-order chi connectivity index (χ0) is 24.8. The number of aromatic amines is 1. The van der Waals surface area contributed by atoms with Gasteiger partial charge < -0.3 is 18.9 Å². The van der Waals surface area contributed by atoms with Crippen molar-refractivity contribution in [1.82, 2.24) is 4.98 Å². The summed E-state index contributed by atoms with van der Waals surface area (Å²) in [6.45, 7) is 1.60. The Morgan fingerprint density at radius 1 is 1.32 bits per heavy atom. The molecular formula is C23H18ClN3O7. The Morgan fingerprint density at radius 2 is 2.09 bits per heavy atom. The van der Waals surface area contributed by atoms with E-state index in [9.17, 15) is 25.0 Å². The van der Waals surface area contributed by atoms with Gasteiger partial charge in [-0.05, 0) is 49.4 Å². The minimum Gasteiger partial charge on any atom is -0.462 e. The number of carbonyl (C=O) groups is 1. The molecule has 34 heavy (non-hydrogen) atoms. The Kier molecular flexibility index (Phi) is 7.63. The van der Waals surface area contributed by atoms with E-state index in [0.717, 1.165) is 0 Å². The van der Waals surface area contributed by atoms with Crippen LogP contribution in [0.5, 0.6) is 0 Å². The van der Waals surface area contributed by atoms with Crippen molar-refractivity contribution in [2.75, 3.05) is 13.7 Å². The third-order valence-corrected chi connectivity index (χ3v) is 5.02. The largest absolute Gasteiger partial charge is 0.462 e. The van der Waals surface area contributed by atoms with Crippen LogP contribution in [0.25, 0.3) is 23.5 Å². The highest BCUT2D eigenvalue weighted by atomic mass is 35.5. The first kappa shape index (κ1) is 24.4. The molecule has 0 saturated carbocycles. The quantitative estimate of drug-likeness (QED) is 0.278. The predicted molar refractivity (Wildman–Crippen MR) is 123 cm³/mol. The Bertz CT molecular complexity index is 1380. The summed E-state index contributed by atoms with van der Waals surface area (Å²) in [6.07, 6.45) is 2.72. The van der Waals surface area contributed by atoms with Crippen molar-refractivity contribution in [2.24, 2.45) is 0 Å². The monoisotopic (exact) mass is 483 g/mol. The lowest BCUT2D eigenvalue weighted by atomic mass is 10.1.